The Morgan fingerprint density at radius 1 is 1.32 bits per heavy atom. The van der Waals surface area contributed by atoms with Crippen molar-refractivity contribution in [3.05, 3.63) is 57.0 Å². The summed E-state index contributed by atoms with van der Waals surface area (Å²) >= 11 is 0. The summed E-state index contributed by atoms with van der Waals surface area (Å²) in [6, 6.07) is 8.78. The van der Waals surface area contributed by atoms with Gasteiger partial charge in [-0.25, -0.2) is 4.79 Å². The number of nitro benzene ring substituents is 1. The zero-order valence-electron chi connectivity index (χ0n) is 13.1. The quantitative estimate of drug-likeness (QED) is 0.480. The molecule has 0 aliphatic heterocycles. The molecule has 126 valence electrons. The van der Waals surface area contributed by atoms with Gasteiger partial charge in [0.25, 0.3) is 5.69 Å². The number of hydrogen-bond acceptors (Lipinski definition) is 8. The van der Waals surface area contributed by atoms with Gasteiger partial charge in [0.2, 0.25) is 5.76 Å². The van der Waals surface area contributed by atoms with Crippen molar-refractivity contribution in [3.8, 4) is 12.1 Å². The van der Waals surface area contributed by atoms with Crippen molar-refractivity contribution in [2.24, 2.45) is 0 Å². The third-order valence-corrected chi connectivity index (χ3v) is 3.16. The molecule has 2 aromatic rings. The van der Waals surface area contributed by atoms with E-state index in [2.05, 4.69) is 5.32 Å². The Morgan fingerprint density at radius 2 is 2.00 bits per heavy atom. The van der Waals surface area contributed by atoms with Crippen LogP contribution in [0.1, 0.15) is 34.4 Å². The molecule has 0 aliphatic carbocycles. The number of nitro groups is 1. The van der Waals surface area contributed by atoms with Crippen molar-refractivity contribution in [3.63, 3.8) is 0 Å². The van der Waals surface area contributed by atoms with E-state index in [0.29, 0.717) is 5.76 Å². The molecule has 0 atom stereocenters. The molecule has 1 aromatic heterocycles. The molecule has 1 aromatic carbocycles. The van der Waals surface area contributed by atoms with Gasteiger partial charge in [-0.3, -0.25) is 10.1 Å². The summed E-state index contributed by atoms with van der Waals surface area (Å²) in [5.41, 5.74) is -0.341. The molecule has 0 fully saturated rings. The Kier molecular flexibility index (Phi) is 5.33. The Hall–Kier alpha value is -3.85. The number of anilines is 1. The number of ether oxygens (including phenoxy) is 1. The lowest BCUT2D eigenvalue weighted by molar-refractivity contribution is -0.384. The van der Waals surface area contributed by atoms with Gasteiger partial charge in [0.15, 0.2) is 0 Å². The fourth-order valence-corrected chi connectivity index (χ4v) is 2.03. The first-order valence-corrected chi connectivity index (χ1v) is 7.12. The second-order valence-electron chi connectivity index (χ2n) is 4.74. The number of carbonyl (C=O) groups excluding carboxylic acids is 1. The highest BCUT2D eigenvalue weighted by Gasteiger charge is 2.19. The van der Waals surface area contributed by atoms with E-state index >= 15 is 0 Å². The molecule has 0 saturated heterocycles. The number of hydrogen-bond donors (Lipinski definition) is 1. The van der Waals surface area contributed by atoms with Gasteiger partial charge in [-0.1, -0.05) is 0 Å². The molecule has 0 unspecified atom stereocenters. The Balaban J connectivity index is 2.23. The zero-order valence-corrected chi connectivity index (χ0v) is 13.1. The first-order chi connectivity index (χ1) is 12.0. The molecule has 1 heterocycles. The van der Waals surface area contributed by atoms with E-state index in [-0.39, 0.29) is 41.4 Å². The summed E-state index contributed by atoms with van der Waals surface area (Å²) < 4.78 is 10.1. The molecule has 0 amide bonds. The maximum absolute atomic E-state index is 11.5. The second kappa shape index (κ2) is 7.62. The highest BCUT2D eigenvalue weighted by Crippen LogP contribution is 2.28. The standard InChI is InChI=1S/C16H12N4O5/c1-2-24-16(21)15-4-3-12(25-15)9-19-13-5-10(7-17)11(8-18)6-14(13)20(22)23/h3-6,19H,2,9H2,1H3. The van der Waals surface area contributed by atoms with Gasteiger partial charge < -0.3 is 14.5 Å². The van der Waals surface area contributed by atoms with Crippen LogP contribution in [-0.4, -0.2) is 17.5 Å². The predicted molar refractivity (Wildman–Crippen MR) is 84.5 cm³/mol. The average Bonchev–Trinajstić information content (AvgIpc) is 3.08. The Labute approximate surface area is 142 Å². The van der Waals surface area contributed by atoms with E-state index in [4.69, 9.17) is 19.7 Å². The lowest BCUT2D eigenvalue weighted by Crippen LogP contribution is -2.04. The highest BCUT2D eigenvalue weighted by atomic mass is 16.6. The minimum absolute atomic E-state index is 0.0160. The molecule has 25 heavy (non-hydrogen) atoms. The van der Waals surface area contributed by atoms with Crippen LogP contribution in [0.15, 0.2) is 28.7 Å². The number of carbonyl (C=O) groups is 1. The van der Waals surface area contributed by atoms with Crippen LogP contribution >= 0.6 is 0 Å². The summed E-state index contributed by atoms with van der Waals surface area (Å²) in [5, 5.41) is 31.9. The Bertz CT molecular complexity index is 904. The summed E-state index contributed by atoms with van der Waals surface area (Å²) in [6.07, 6.45) is 0. The van der Waals surface area contributed by atoms with Crippen molar-refractivity contribution in [1.82, 2.24) is 0 Å². The number of nitriles is 2. The van der Waals surface area contributed by atoms with Crippen LogP contribution in [0.3, 0.4) is 0 Å². The smallest absolute Gasteiger partial charge is 0.374 e. The van der Waals surface area contributed by atoms with Crippen LogP contribution in [0.2, 0.25) is 0 Å². The van der Waals surface area contributed by atoms with E-state index in [1.54, 1.807) is 13.0 Å². The zero-order chi connectivity index (χ0) is 18.4. The van der Waals surface area contributed by atoms with Gasteiger partial charge in [0, 0.05) is 6.07 Å². The monoisotopic (exact) mass is 340 g/mol. The summed E-state index contributed by atoms with van der Waals surface area (Å²) in [4.78, 5) is 22.0. The molecule has 0 saturated carbocycles. The topological polar surface area (TPSA) is 142 Å². The number of nitrogens with one attached hydrogen (secondary N) is 1. The first-order valence-electron chi connectivity index (χ1n) is 7.12. The fraction of sp³-hybridized carbons (Fsp3) is 0.188. The van der Waals surface area contributed by atoms with Crippen molar-refractivity contribution in [2.75, 3.05) is 11.9 Å². The van der Waals surface area contributed by atoms with Crippen LogP contribution < -0.4 is 5.32 Å². The van der Waals surface area contributed by atoms with Crippen molar-refractivity contribution in [2.45, 2.75) is 13.5 Å². The maximum atomic E-state index is 11.5. The van der Waals surface area contributed by atoms with Gasteiger partial charge in [0.05, 0.1) is 29.2 Å². The minimum atomic E-state index is -0.656. The molecule has 9 nitrogen and oxygen atoms in total. The number of furan rings is 1. The first kappa shape index (κ1) is 17.5. The van der Waals surface area contributed by atoms with E-state index in [1.807, 2.05) is 6.07 Å². The van der Waals surface area contributed by atoms with Crippen LogP contribution in [-0.2, 0) is 11.3 Å². The van der Waals surface area contributed by atoms with Gasteiger partial charge in [-0.2, -0.15) is 10.5 Å². The van der Waals surface area contributed by atoms with Crippen LogP contribution in [0.4, 0.5) is 11.4 Å². The Morgan fingerprint density at radius 3 is 2.60 bits per heavy atom. The summed E-state index contributed by atoms with van der Waals surface area (Å²) in [6.45, 7) is 1.92. The SMILES string of the molecule is CCOC(=O)c1ccc(CNc2cc(C#N)c(C#N)cc2[N+](=O)[O-])o1. The van der Waals surface area contributed by atoms with Gasteiger partial charge in [-0.05, 0) is 25.1 Å². The third kappa shape index (κ3) is 3.92. The number of esters is 1. The second-order valence-corrected chi connectivity index (χ2v) is 4.74. The lowest BCUT2D eigenvalue weighted by atomic mass is 10.1. The molecule has 9 heteroatoms. The molecule has 1 N–H and O–H groups in total. The van der Waals surface area contributed by atoms with Crippen LogP contribution in [0, 0.1) is 32.8 Å². The third-order valence-electron chi connectivity index (χ3n) is 3.16. The highest BCUT2D eigenvalue weighted by molar-refractivity contribution is 5.86. The number of nitrogens with zero attached hydrogens (tertiary/aromatic N) is 3. The van der Waals surface area contributed by atoms with Crippen molar-refractivity contribution >= 4 is 17.3 Å². The van der Waals surface area contributed by atoms with E-state index < -0.39 is 10.9 Å². The van der Waals surface area contributed by atoms with E-state index in [9.17, 15) is 14.9 Å². The normalized spacial score (nSPS) is 9.72. The van der Waals surface area contributed by atoms with Crippen LogP contribution in [0.5, 0.6) is 0 Å². The van der Waals surface area contributed by atoms with Crippen molar-refractivity contribution < 1.29 is 18.9 Å². The summed E-state index contributed by atoms with van der Waals surface area (Å²) in [5.74, 6) is -0.240. The molecule has 2 rings (SSSR count). The largest absolute Gasteiger partial charge is 0.460 e. The molecule has 0 bridgehead atoms. The van der Waals surface area contributed by atoms with E-state index in [1.165, 1.54) is 18.2 Å². The maximum Gasteiger partial charge on any atom is 0.374 e. The van der Waals surface area contributed by atoms with Crippen molar-refractivity contribution in [1.29, 1.82) is 10.5 Å². The minimum Gasteiger partial charge on any atom is -0.460 e. The lowest BCUT2D eigenvalue weighted by Gasteiger charge is -2.07. The molecule has 0 aliphatic rings. The molecular formula is C16H12N4O5. The fourth-order valence-electron chi connectivity index (χ4n) is 2.03. The molecular weight excluding hydrogens is 328 g/mol. The number of rotatable bonds is 6. The molecule has 0 spiro atoms. The predicted octanol–water partition coefficient (Wildman–Crippen LogP) is 2.72. The van der Waals surface area contributed by atoms with E-state index in [0.717, 1.165) is 6.07 Å². The van der Waals surface area contributed by atoms with Gasteiger partial charge in [-0.15, -0.1) is 0 Å². The summed E-state index contributed by atoms with van der Waals surface area (Å²) in [7, 11) is 0. The van der Waals surface area contributed by atoms with Gasteiger partial charge >= 0.3 is 5.97 Å². The molecule has 0 radical (unpaired) electrons. The average molecular weight is 340 g/mol. The van der Waals surface area contributed by atoms with Crippen LogP contribution in [0.25, 0.3) is 0 Å². The number of benzene rings is 1. The van der Waals surface area contributed by atoms with Gasteiger partial charge in [0.1, 0.15) is 23.6 Å².